The third-order valence-corrected chi connectivity index (χ3v) is 6.00. The number of amides is 2. The van der Waals surface area contributed by atoms with Crippen LogP contribution >= 0.6 is 0 Å². The lowest BCUT2D eigenvalue weighted by Gasteiger charge is -2.36. The van der Waals surface area contributed by atoms with Gasteiger partial charge in [0.05, 0.1) is 18.9 Å². The highest BCUT2D eigenvalue weighted by Gasteiger charge is 2.69. The summed E-state index contributed by atoms with van der Waals surface area (Å²) in [6.07, 6.45) is 0.201. The molecule has 1 aromatic carbocycles. The van der Waals surface area contributed by atoms with Crippen molar-refractivity contribution in [3.05, 3.63) is 23.8 Å². The largest absolute Gasteiger partial charge is 0.504 e. The Balaban J connectivity index is 2.20. The molecule has 0 saturated carbocycles. The number of carbonyl (C=O) groups excluding carboxylic acids is 2. The van der Waals surface area contributed by atoms with Gasteiger partial charge in [-0.05, 0) is 50.8 Å². The fraction of sp³-hybridized carbons (Fsp3) is 0.591. The van der Waals surface area contributed by atoms with E-state index in [9.17, 15) is 24.6 Å². The number of methoxy groups -OCH3 is 1. The van der Waals surface area contributed by atoms with Crippen LogP contribution in [0.5, 0.6) is 11.5 Å². The fourth-order valence-electron chi connectivity index (χ4n) is 4.95. The van der Waals surface area contributed by atoms with Crippen molar-refractivity contribution in [2.24, 2.45) is 17.8 Å². The van der Waals surface area contributed by atoms with E-state index in [0.717, 1.165) is 0 Å². The topological polar surface area (TPSA) is 116 Å². The monoisotopic (exact) mass is 418 g/mol. The van der Waals surface area contributed by atoms with Crippen LogP contribution in [0.15, 0.2) is 18.2 Å². The van der Waals surface area contributed by atoms with Gasteiger partial charge in [-0.1, -0.05) is 19.9 Å². The molecule has 3 rings (SSSR count). The quantitative estimate of drug-likeness (QED) is 0.628. The molecule has 4 atom stereocenters. The maximum atomic E-state index is 13.4. The zero-order chi connectivity index (χ0) is 22.6. The van der Waals surface area contributed by atoms with Crippen molar-refractivity contribution < 1.29 is 29.3 Å². The van der Waals surface area contributed by atoms with E-state index in [4.69, 9.17) is 4.74 Å². The SMILES string of the molecule is COc1cc(C2NC(CC(C)C)(C(=O)O)C3C(=O)N(C(C)(C)C)C(=O)C23)ccc1O. The number of carbonyl (C=O) groups is 3. The van der Waals surface area contributed by atoms with E-state index in [0.29, 0.717) is 5.56 Å². The van der Waals surface area contributed by atoms with E-state index in [2.05, 4.69) is 5.32 Å². The number of aromatic hydroxyl groups is 1. The number of phenols is 1. The Morgan fingerprint density at radius 2 is 1.90 bits per heavy atom. The molecule has 0 bridgehead atoms. The average Bonchev–Trinajstić information content (AvgIpc) is 3.09. The number of nitrogens with zero attached hydrogens (tertiary/aromatic N) is 1. The summed E-state index contributed by atoms with van der Waals surface area (Å²) in [6.45, 7) is 9.07. The minimum absolute atomic E-state index is 0.0195. The summed E-state index contributed by atoms with van der Waals surface area (Å²) in [5.41, 5.74) is -1.75. The molecule has 0 aliphatic carbocycles. The molecule has 2 amide bonds. The molecule has 2 heterocycles. The average molecular weight is 418 g/mol. The summed E-state index contributed by atoms with van der Waals surface area (Å²) in [6, 6.07) is 3.94. The van der Waals surface area contributed by atoms with Crippen molar-refractivity contribution >= 4 is 17.8 Å². The van der Waals surface area contributed by atoms with Crippen molar-refractivity contribution in [3.8, 4) is 11.5 Å². The van der Waals surface area contributed by atoms with Gasteiger partial charge in [-0.3, -0.25) is 24.6 Å². The molecule has 0 radical (unpaired) electrons. The molecule has 2 aliphatic rings. The number of nitrogens with one attached hydrogen (secondary N) is 1. The van der Waals surface area contributed by atoms with E-state index >= 15 is 0 Å². The zero-order valence-corrected chi connectivity index (χ0v) is 18.2. The third kappa shape index (κ3) is 3.23. The number of carboxylic acids is 1. The Bertz CT molecular complexity index is 890. The van der Waals surface area contributed by atoms with Gasteiger partial charge in [0.15, 0.2) is 11.5 Å². The molecule has 2 saturated heterocycles. The standard InChI is InChI=1S/C22H30N2O6/c1-11(2)10-22(20(28)29)16-15(18(26)24(19(16)27)21(3,4)5)17(23-22)12-7-8-13(25)14(9-12)30-6/h7-9,11,15-17,23,25H,10H2,1-6H3,(H,28,29). The van der Waals surface area contributed by atoms with Gasteiger partial charge in [0.25, 0.3) is 0 Å². The van der Waals surface area contributed by atoms with Crippen molar-refractivity contribution in [3.63, 3.8) is 0 Å². The van der Waals surface area contributed by atoms with E-state index in [1.165, 1.54) is 18.1 Å². The van der Waals surface area contributed by atoms with Gasteiger partial charge in [0, 0.05) is 11.6 Å². The lowest BCUT2D eigenvalue weighted by molar-refractivity contribution is -0.154. The predicted molar refractivity (Wildman–Crippen MR) is 109 cm³/mol. The van der Waals surface area contributed by atoms with Crippen LogP contribution in [0.3, 0.4) is 0 Å². The van der Waals surface area contributed by atoms with E-state index in [-0.39, 0.29) is 29.7 Å². The summed E-state index contributed by atoms with van der Waals surface area (Å²) in [5.74, 6) is -3.73. The molecule has 3 N–H and O–H groups in total. The molecule has 30 heavy (non-hydrogen) atoms. The first kappa shape index (κ1) is 22.1. The lowest BCUT2D eigenvalue weighted by Crippen LogP contribution is -2.58. The minimum atomic E-state index is -1.57. The number of imide groups is 1. The summed E-state index contributed by atoms with van der Waals surface area (Å²) in [4.78, 5) is 40.6. The third-order valence-electron chi connectivity index (χ3n) is 6.00. The second-order valence-electron chi connectivity index (χ2n) is 9.61. The van der Waals surface area contributed by atoms with Crippen LogP contribution in [-0.2, 0) is 14.4 Å². The zero-order valence-electron chi connectivity index (χ0n) is 18.2. The molecule has 2 aliphatic heterocycles. The first-order valence-corrected chi connectivity index (χ1v) is 10.1. The van der Waals surface area contributed by atoms with Crippen LogP contribution in [0.1, 0.15) is 52.6 Å². The summed E-state index contributed by atoms with van der Waals surface area (Å²) < 4.78 is 5.19. The number of hydrogen-bond donors (Lipinski definition) is 3. The number of ether oxygens (including phenoxy) is 1. The van der Waals surface area contributed by atoms with Crippen LogP contribution in [0.2, 0.25) is 0 Å². The second kappa shape index (κ2) is 7.27. The lowest BCUT2D eigenvalue weighted by atomic mass is 9.75. The van der Waals surface area contributed by atoms with Gasteiger partial charge in [-0.2, -0.15) is 0 Å². The van der Waals surface area contributed by atoms with Gasteiger partial charge < -0.3 is 14.9 Å². The predicted octanol–water partition coefficient (Wildman–Crippen LogP) is 2.31. The number of fused-ring (bicyclic) bond motifs is 1. The van der Waals surface area contributed by atoms with E-state index < -0.39 is 40.8 Å². The minimum Gasteiger partial charge on any atom is -0.504 e. The normalized spacial score (nSPS) is 28.9. The first-order valence-electron chi connectivity index (χ1n) is 10.1. The molecular formula is C22H30N2O6. The molecule has 8 nitrogen and oxygen atoms in total. The Morgan fingerprint density at radius 3 is 2.40 bits per heavy atom. The highest BCUT2D eigenvalue weighted by molar-refractivity contribution is 6.10. The van der Waals surface area contributed by atoms with Crippen LogP contribution in [0.25, 0.3) is 0 Å². The molecule has 0 aromatic heterocycles. The molecule has 8 heteroatoms. The maximum Gasteiger partial charge on any atom is 0.324 e. The number of aliphatic carboxylic acids is 1. The van der Waals surface area contributed by atoms with Crippen molar-refractivity contribution in [1.82, 2.24) is 10.2 Å². The van der Waals surface area contributed by atoms with E-state index in [1.54, 1.807) is 32.9 Å². The van der Waals surface area contributed by atoms with Gasteiger partial charge >= 0.3 is 5.97 Å². The van der Waals surface area contributed by atoms with E-state index in [1.807, 2.05) is 13.8 Å². The van der Waals surface area contributed by atoms with Crippen molar-refractivity contribution in [1.29, 1.82) is 0 Å². The number of benzene rings is 1. The molecule has 1 aromatic rings. The summed E-state index contributed by atoms with van der Waals surface area (Å²) in [7, 11) is 1.41. The highest BCUT2D eigenvalue weighted by Crippen LogP contribution is 2.52. The molecule has 2 fully saturated rings. The van der Waals surface area contributed by atoms with Crippen LogP contribution in [0, 0.1) is 17.8 Å². The number of carboxylic acid groups (broad SMARTS) is 1. The Morgan fingerprint density at radius 1 is 1.27 bits per heavy atom. The molecule has 4 unspecified atom stereocenters. The Hall–Kier alpha value is -2.61. The van der Waals surface area contributed by atoms with Gasteiger partial charge in [-0.25, -0.2) is 0 Å². The number of rotatable bonds is 5. The van der Waals surface area contributed by atoms with Gasteiger partial charge in [0.2, 0.25) is 11.8 Å². The molecule has 0 spiro atoms. The number of hydrogen-bond acceptors (Lipinski definition) is 6. The molecule has 164 valence electrons. The maximum absolute atomic E-state index is 13.4. The Kier molecular flexibility index (Phi) is 5.35. The first-order chi connectivity index (χ1) is 13.8. The van der Waals surface area contributed by atoms with Crippen LogP contribution < -0.4 is 10.1 Å². The second-order valence-corrected chi connectivity index (χ2v) is 9.61. The molecular weight excluding hydrogens is 388 g/mol. The summed E-state index contributed by atoms with van der Waals surface area (Å²) in [5, 5.41) is 23.4. The van der Waals surface area contributed by atoms with Gasteiger partial charge in [-0.15, -0.1) is 0 Å². The smallest absolute Gasteiger partial charge is 0.324 e. The summed E-state index contributed by atoms with van der Waals surface area (Å²) >= 11 is 0. The van der Waals surface area contributed by atoms with Crippen LogP contribution in [0.4, 0.5) is 0 Å². The van der Waals surface area contributed by atoms with Crippen molar-refractivity contribution in [2.75, 3.05) is 7.11 Å². The Labute approximate surface area is 176 Å². The van der Waals surface area contributed by atoms with Gasteiger partial charge in [0.1, 0.15) is 5.54 Å². The number of phenolic OH excluding ortho intramolecular Hbond substituents is 1. The van der Waals surface area contributed by atoms with Crippen molar-refractivity contribution in [2.45, 2.75) is 58.2 Å². The fourth-order valence-corrected chi connectivity index (χ4v) is 4.95. The van der Waals surface area contributed by atoms with Crippen LogP contribution in [-0.4, -0.2) is 51.1 Å². The number of likely N-dealkylation sites (tertiary alicyclic amines) is 1. The highest BCUT2D eigenvalue weighted by atomic mass is 16.5.